The predicted molar refractivity (Wildman–Crippen MR) is 81.5 cm³/mol. The van der Waals surface area contributed by atoms with Crippen LogP contribution in [0.4, 0.5) is 0 Å². The van der Waals surface area contributed by atoms with Crippen LogP contribution < -0.4 is 4.74 Å². The quantitative estimate of drug-likeness (QED) is 0.732. The Hall–Kier alpha value is -2.14. The maximum Gasteiger partial charge on any atom is 0.163 e. The highest BCUT2D eigenvalue weighted by atomic mass is 16.5. The van der Waals surface area contributed by atoms with Crippen LogP contribution in [0.1, 0.15) is 23.1 Å². The summed E-state index contributed by atoms with van der Waals surface area (Å²) in [6, 6.07) is 7.33. The van der Waals surface area contributed by atoms with E-state index >= 15 is 0 Å². The van der Waals surface area contributed by atoms with E-state index in [9.17, 15) is 4.79 Å². The molecule has 5 nitrogen and oxygen atoms in total. The minimum absolute atomic E-state index is 0.0203. The van der Waals surface area contributed by atoms with Gasteiger partial charge in [0.25, 0.3) is 0 Å². The number of hydrogen-bond donors (Lipinski definition) is 0. The van der Waals surface area contributed by atoms with Crippen molar-refractivity contribution in [2.24, 2.45) is 7.05 Å². The van der Waals surface area contributed by atoms with Crippen LogP contribution in [0.25, 0.3) is 0 Å². The SMILES string of the molecule is CC(=O)c1ccccc1OCCN(C)Cc1nccn1C. The molecule has 0 atom stereocenters. The molecule has 112 valence electrons. The monoisotopic (exact) mass is 287 g/mol. The zero-order valence-electron chi connectivity index (χ0n) is 12.7. The van der Waals surface area contributed by atoms with Gasteiger partial charge in [-0.15, -0.1) is 0 Å². The van der Waals surface area contributed by atoms with Gasteiger partial charge in [0.1, 0.15) is 18.2 Å². The number of aryl methyl sites for hydroxylation is 1. The molecule has 2 rings (SSSR count). The summed E-state index contributed by atoms with van der Waals surface area (Å²) >= 11 is 0. The van der Waals surface area contributed by atoms with E-state index in [1.54, 1.807) is 19.2 Å². The minimum atomic E-state index is 0.0203. The van der Waals surface area contributed by atoms with Crippen LogP contribution in [0.5, 0.6) is 5.75 Å². The zero-order valence-corrected chi connectivity index (χ0v) is 12.7. The maximum atomic E-state index is 11.5. The number of ketones is 1. The molecule has 0 aliphatic rings. The minimum Gasteiger partial charge on any atom is -0.491 e. The topological polar surface area (TPSA) is 47.4 Å². The molecule has 1 aromatic carbocycles. The Labute approximate surface area is 125 Å². The largest absolute Gasteiger partial charge is 0.491 e. The lowest BCUT2D eigenvalue weighted by molar-refractivity contribution is 0.101. The smallest absolute Gasteiger partial charge is 0.163 e. The number of carbonyl (C=O) groups is 1. The number of likely N-dealkylation sites (N-methyl/N-ethyl adjacent to an activating group) is 1. The summed E-state index contributed by atoms with van der Waals surface area (Å²) < 4.78 is 7.73. The van der Waals surface area contributed by atoms with Crippen molar-refractivity contribution < 1.29 is 9.53 Å². The van der Waals surface area contributed by atoms with Crippen molar-refractivity contribution in [1.29, 1.82) is 0 Å². The van der Waals surface area contributed by atoms with Crippen molar-refractivity contribution in [3.8, 4) is 5.75 Å². The Morgan fingerprint density at radius 2 is 2.14 bits per heavy atom. The molecule has 0 bridgehead atoms. The first-order valence-corrected chi connectivity index (χ1v) is 6.95. The van der Waals surface area contributed by atoms with E-state index in [-0.39, 0.29) is 5.78 Å². The van der Waals surface area contributed by atoms with Gasteiger partial charge >= 0.3 is 0 Å². The van der Waals surface area contributed by atoms with Gasteiger partial charge in [0, 0.05) is 26.0 Å². The third kappa shape index (κ3) is 4.16. The van der Waals surface area contributed by atoms with Crippen LogP contribution in [0.15, 0.2) is 36.7 Å². The second-order valence-electron chi connectivity index (χ2n) is 5.09. The van der Waals surface area contributed by atoms with Gasteiger partial charge in [-0.1, -0.05) is 12.1 Å². The summed E-state index contributed by atoms with van der Waals surface area (Å²) in [5.41, 5.74) is 0.629. The van der Waals surface area contributed by atoms with Gasteiger partial charge in [-0.05, 0) is 26.1 Å². The molecule has 0 saturated carbocycles. The maximum absolute atomic E-state index is 11.5. The fourth-order valence-electron chi connectivity index (χ4n) is 2.06. The average Bonchev–Trinajstić information content (AvgIpc) is 2.84. The molecule has 2 aromatic rings. The number of carbonyl (C=O) groups excluding carboxylic acids is 1. The second-order valence-corrected chi connectivity index (χ2v) is 5.09. The van der Waals surface area contributed by atoms with Gasteiger partial charge in [-0.25, -0.2) is 4.98 Å². The van der Waals surface area contributed by atoms with E-state index in [0.29, 0.717) is 17.9 Å². The molecular weight excluding hydrogens is 266 g/mol. The summed E-state index contributed by atoms with van der Waals surface area (Å²) in [7, 11) is 4.00. The summed E-state index contributed by atoms with van der Waals surface area (Å²) in [4.78, 5) is 17.9. The van der Waals surface area contributed by atoms with E-state index in [4.69, 9.17) is 4.74 Å². The number of Topliss-reactive ketones (excluding diaryl/α,β-unsaturated/α-hetero) is 1. The summed E-state index contributed by atoms with van der Waals surface area (Å²) in [6.07, 6.45) is 3.73. The normalized spacial score (nSPS) is 10.9. The lowest BCUT2D eigenvalue weighted by Gasteiger charge is -2.17. The molecule has 0 N–H and O–H groups in total. The Balaban J connectivity index is 1.84. The molecular formula is C16H21N3O2. The van der Waals surface area contributed by atoms with Gasteiger partial charge in [-0.2, -0.15) is 0 Å². The van der Waals surface area contributed by atoms with E-state index in [1.807, 2.05) is 43.1 Å². The highest BCUT2D eigenvalue weighted by Crippen LogP contribution is 2.18. The second kappa shape index (κ2) is 7.04. The van der Waals surface area contributed by atoms with Crippen LogP contribution in [0, 0.1) is 0 Å². The Morgan fingerprint density at radius 3 is 2.81 bits per heavy atom. The first-order valence-electron chi connectivity index (χ1n) is 6.95. The molecule has 1 heterocycles. The molecule has 0 fully saturated rings. The standard InChI is InChI=1S/C16H21N3O2/c1-13(20)14-6-4-5-7-15(14)21-11-10-18(2)12-16-17-8-9-19(16)3/h4-9H,10-12H2,1-3H3. The van der Waals surface area contributed by atoms with E-state index < -0.39 is 0 Å². The molecule has 0 saturated heterocycles. The van der Waals surface area contributed by atoms with Crippen molar-refractivity contribution in [1.82, 2.24) is 14.5 Å². The Morgan fingerprint density at radius 1 is 1.38 bits per heavy atom. The third-order valence-corrected chi connectivity index (χ3v) is 3.33. The zero-order chi connectivity index (χ0) is 15.2. The number of aromatic nitrogens is 2. The number of rotatable bonds is 7. The summed E-state index contributed by atoms with van der Waals surface area (Å²) in [5.74, 6) is 1.68. The first kappa shape index (κ1) is 15.3. The first-order chi connectivity index (χ1) is 10.1. The Kier molecular flexibility index (Phi) is 5.11. The van der Waals surface area contributed by atoms with Crippen molar-refractivity contribution in [3.63, 3.8) is 0 Å². The van der Waals surface area contributed by atoms with E-state index in [1.165, 1.54) is 0 Å². The van der Waals surface area contributed by atoms with E-state index in [0.717, 1.165) is 18.9 Å². The molecule has 0 radical (unpaired) electrons. The number of para-hydroxylation sites is 1. The number of ether oxygens (including phenoxy) is 1. The highest BCUT2D eigenvalue weighted by Gasteiger charge is 2.08. The molecule has 0 unspecified atom stereocenters. The van der Waals surface area contributed by atoms with Gasteiger partial charge in [-0.3, -0.25) is 9.69 Å². The molecule has 0 spiro atoms. The van der Waals surface area contributed by atoms with Gasteiger partial charge in [0.05, 0.1) is 12.1 Å². The average molecular weight is 287 g/mol. The van der Waals surface area contributed by atoms with Crippen LogP contribution in [0.2, 0.25) is 0 Å². The van der Waals surface area contributed by atoms with E-state index in [2.05, 4.69) is 9.88 Å². The fraction of sp³-hybridized carbons (Fsp3) is 0.375. The highest BCUT2D eigenvalue weighted by molar-refractivity contribution is 5.96. The van der Waals surface area contributed by atoms with Crippen molar-refractivity contribution in [2.75, 3.05) is 20.2 Å². The lowest BCUT2D eigenvalue weighted by atomic mass is 10.1. The molecule has 5 heteroatoms. The summed E-state index contributed by atoms with van der Waals surface area (Å²) in [6.45, 7) is 3.61. The molecule has 0 aliphatic carbocycles. The van der Waals surface area contributed by atoms with Crippen LogP contribution in [0.3, 0.4) is 0 Å². The van der Waals surface area contributed by atoms with Crippen LogP contribution >= 0.6 is 0 Å². The molecule has 21 heavy (non-hydrogen) atoms. The van der Waals surface area contributed by atoms with Crippen LogP contribution in [-0.4, -0.2) is 40.4 Å². The Bertz CT molecular complexity index is 607. The third-order valence-electron chi connectivity index (χ3n) is 3.33. The van der Waals surface area contributed by atoms with Crippen molar-refractivity contribution >= 4 is 5.78 Å². The lowest BCUT2D eigenvalue weighted by Crippen LogP contribution is -2.25. The van der Waals surface area contributed by atoms with Crippen molar-refractivity contribution in [3.05, 3.63) is 48.0 Å². The van der Waals surface area contributed by atoms with Crippen LogP contribution in [-0.2, 0) is 13.6 Å². The number of benzene rings is 1. The van der Waals surface area contributed by atoms with Crippen molar-refractivity contribution in [2.45, 2.75) is 13.5 Å². The molecule has 0 aliphatic heterocycles. The number of hydrogen-bond acceptors (Lipinski definition) is 4. The molecule has 0 amide bonds. The number of imidazole rings is 1. The summed E-state index contributed by atoms with van der Waals surface area (Å²) in [5, 5.41) is 0. The predicted octanol–water partition coefficient (Wildman–Crippen LogP) is 2.13. The fourth-order valence-corrected chi connectivity index (χ4v) is 2.06. The molecule has 1 aromatic heterocycles. The van der Waals surface area contributed by atoms with Gasteiger partial charge < -0.3 is 9.30 Å². The van der Waals surface area contributed by atoms with Gasteiger partial charge in [0.15, 0.2) is 5.78 Å². The number of nitrogens with zero attached hydrogens (tertiary/aromatic N) is 3. The van der Waals surface area contributed by atoms with Gasteiger partial charge in [0.2, 0.25) is 0 Å².